The van der Waals surface area contributed by atoms with Crippen molar-refractivity contribution in [3.8, 4) is 23.3 Å². The Morgan fingerprint density at radius 1 is 1.10 bits per heavy atom. The fourth-order valence-electron chi connectivity index (χ4n) is 2.34. The number of nitrogens with two attached hydrogens (primary N) is 1. The van der Waals surface area contributed by atoms with Crippen molar-refractivity contribution in [2.75, 3.05) is 5.73 Å². The molecular weight excluding hydrogens is 266 g/mol. The first-order valence-corrected chi connectivity index (χ1v) is 6.09. The molecule has 0 radical (unpaired) electrons. The van der Waals surface area contributed by atoms with Gasteiger partial charge in [0.1, 0.15) is 29.1 Å². The predicted molar refractivity (Wildman–Crippen MR) is 78.2 cm³/mol. The van der Waals surface area contributed by atoms with E-state index in [4.69, 9.17) is 5.73 Å². The molecule has 1 aromatic carbocycles. The standard InChI is InChI=1S/C15H9N5O/c16-6-10-13(11(7-17)15(21)20-14(10)18)9-1-2-12-8(5-9)3-4-19-12/h1-5,19H,(H3,18,20,21). The first kappa shape index (κ1) is 12.5. The molecule has 6 nitrogen and oxygen atoms in total. The molecule has 0 unspecified atom stereocenters. The molecular formula is C15H9N5O. The van der Waals surface area contributed by atoms with Crippen LogP contribution in [0.5, 0.6) is 0 Å². The molecule has 0 saturated carbocycles. The van der Waals surface area contributed by atoms with Gasteiger partial charge in [0, 0.05) is 17.3 Å². The lowest BCUT2D eigenvalue weighted by molar-refractivity contribution is 1.21. The van der Waals surface area contributed by atoms with E-state index >= 15 is 0 Å². The average molecular weight is 275 g/mol. The number of nitrogen functional groups attached to an aromatic ring is 1. The molecule has 0 aliphatic carbocycles. The zero-order valence-corrected chi connectivity index (χ0v) is 10.8. The molecule has 2 heterocycles. The van der Waals surface area contributed by atoms with Crippen LogP contribution in [0.25, 0.3) is 22.0 Å². The number of benzene rings is 1. The van der Waals surface area contributed by atoms with Crippen LogP contribution in [-0.2, 0) is 0 Å². The van der Waals surface area contributed by atoms with E-state index in [9.17, 15) is 15.3 Å². The van der Waals surface area contributed by atoms with Crippen molar-refractivity contribution >= 4 is 16.7 Å². The van der Waals surface area contributed by atoms with Gasteiger partial charge < -0.3 is 15.7 Å². The Morgan fingerprint density at radius 3 is 2.57 bits per heavy atom. The summed E-state index contributed by atoms with van der Waals surface area (Å²) in [7, 11) is 0. The fourth-order valence-corrected chi connectivity index (χ4v) is 2.34. The molecule has 6 heteroatoms. The molecule has 0 bridgehead atoms. The van der Waals surface area contributed by atoms with Crippen LogP contribution in [-0.4, -0.2) is 9.97 Å². The number of pyridine rings is 1. The normalized spacial score (nSPS) is 10.2. The highest BCUT2D eigenvalue weighted by atomic mass is 16.1. The molecule has 0 aliphatic heterocycles. The second-order valence-electron chi connectivity index (χ2n) is 4.50. The number of H-pyrrole nitrogens is 2. The lowest BCUT2D eigenvalue weighted by atomic mass is 9.96. The van der Waals surface area contributed by atoms with E-state index in [1.807, 2.05) is 30.3 Å². The number of nitrogens with zero attached hydrogens (tertiary/aromatic N) is 2. The lowest BCUT2D eigenvalue weighted by Crippen LogP contribution is -2.16. The Labute approximate surface area is 119 Å². The molecule has 2 aromatic heterocycles. The van der Waals surface area contributed by atoms with Gasteiger partial charge in [0.15, 0.2) is 0 Å². The molecule has 0 atom stereocenters. The zero-order chi connectivity index (χ0) is 15.0. The second kappa shape index (κ2) is 4.55. The summed E-state index contributed by atoms with van der Waals surface area (Å²) < 4.78 is 0. The van der Waals surface area contributed by atoms with Crippen LogP contribution in [0, 0.1) is 22.7 Å². The van der Waals surface area contributed by atoms with E-state index < -0.39 is 5.56 Å². The SMILES string of the molecule is N#Cc1c(N)[nH]c(=O)c(C#N)c1-c1ccc2[nH]ccc2c1. The van der Waals surface area contributed by atoms with Gasteiger partial charge in [-0.3, -0.25) is 4.79 Å². The van der Waals surface area contributed by atoms with Crippen LogP contribution in [0.3, 0.4) is 0 Å². The highest BCUT2D eigenvalue weighted by Gasteiger charge is 2.18. The Bertz CT molecular complexity index is 998. The highest BCUT2D eigenvalue weighted by molar-refractivity contribution is 5.88. The second-order valence-corrected chi connectivity index (χ2v) is 4.50. The number of nitriles is 2. The van der Waals surface area contributed by atoms with Crippen molar-refractivity contribution in [1.29, 1.82) is 10.5 Å². The largest absolute Gasteiger partial charge is 0.384 e. The van der Waals surface area contributed by atoms with E-state index in [0.717, 1.165) is 10.9 Å². The molecule has 3 aromatic rings. The third-order valence-corrected chi connectivity index (χ3v) is 3.31. The van der Waals surface area contributed by atoms with Crippen molar-refractivity contribution in [2.24, 2.45) is 0 Å². The topological polar surface area (TPSA) is 122 Å². The summed E-state index contributed by atoms with van der Waals surface area (Å²) in [5, 5.41) is 19.4. The minimum atomic E-state index is -0.599. The number of hydrogen-bond acceptors (Lipinski definition) is 4. The summed E-state index contributed by atoms with van der Waals surface area (Å²) >= 11 is 0. The van der Waals surface area contributed by atoms with E-state index in [1.54, 1.807) is 12.3 Å². The molecule has 0 fully saturated rings. The Hall–Kier alpha value is -3.51. The molecule has 4 N–H and O–H groups in total. The quantitative estimate of drug-likeness (QED) is 0.627. The number of aromatic nitrogens is 2. The van der Waals surface area contributed by atoms with Crippen LogP contribution in [0.2, 0.25) is 0 Å². The van der Waals surface area contributed by atoms with Gasteiger partial charge in [0.05, 0.1) is 0 Å². The van der Waals surface area contributed by atoms with Gasteiger partial charge in [0.2, 0.25) is 0 Å². The number of anilines is 1. The summed E-state index contributed by atoms with van der Waals surface area (Å²) in [6.45, 7) is 0. The van der Waals surface area contributed by atoms with Crippen molar-refractivity contribution in [3.05, 3.63) is 51.9 Å². The number of rotatable bonds is 1. The maximum atomic E-state index is 11.9. The summed E-state index contributed by atoms with van der Waals surface area (Å²) in [5.74, 6) is -0.0364. The summed E-state index contributed by atoms with van der Waals surface area (Å²) in [6, 6.07) is 11.0. The first-order valence-electron chi connectivity index (χ1n) is 6.09. The summed E-state index contributed by atoms with van der Waals surface area (Å²) in [6.07, 6.45) is 1.79. The molecule has 0 aliphatic rings. The fraction of sp³-hybridized carbons (Fsp3) is 0. The van der Waals surface area contributed by atoms with Crippen molar-refractivity contribution in [1.82, 2.24) is 9.97 Å². The summed E-state index contributed by atoms with van der Waals surface area (Å²) in [5.41, 5.74) is 6.87. The number of fused-ring (bicyclic) bond motifs is 1. The number of nitrogens with one attached hydrogen (secondary N) is 2. The van der Waals surface area contributed by atoms with Crippen molar-refractivity contribution < 1.29 is 0 Å². The number of aromatic amines is 2. The van der Waals surface area contributed by atoms with Crippen molar-refractivity contribution in [3.63, 3.8) is 0 Å². The van der Waals surface area contributed by atoms with Gasteiger partial charge in [0.25, 0.3) is 5.56 Å². The Kier molecular flexibility index (Phi) is 2.71. The van der Waals surface area contributed by atoms with Crippen molar-refractivity contribution in [2.45, 2.75) is 0 Å². The third-order valence-electron chi connectivity index (χ3n) is 3.31. The van der Waals surface area contributed by atoms with Gasteiger partial charge in [-0.15, -0.1) is 0 Å². The molecule has 0 spiro atoms. The lowest BCUT2D eigenvalue weighted by Gasteiger charge is -2.08. The van der Waals surface area contributed by atoms with Crippen LogP contribution < -0.4 is 11.3 Å². The van der Waals surface area contributed by atoms with Crippen LogP contribution in [0.4, 0.5) is 5.82 Å². The minimum Gasteiger partial charge on any atom is -0.384 e. The molecule has 100 valence electrons. The zero-order valence-electron chi connectivity index (χ0n) is 10.8. The van der Waals surface area contributed by atoms with Gasteiger partial charge >= 0.3 is 0 Å². The van der Waals surface area contributed by atoms with Crippen LogP contribution >= 0.6 is 0 Å². The van der Waals surface area contributed by atoms with Crippen LogP contribution in [0.15, 0.2) is 35.3 Å². The maximum absolute atomic E-state index is 11.9. The Balaban J connectivity index is 2.43. The molecule has 0 amide bonds. The highest BCUT2D eigenvalue weighted by Crippen LogP contribution is 2.30. The molecule has 3 rings (SSSR count). The molecule has 0 saturated heterocycles. The molecule has 21 heavy (non-hydrogen) atoms. The monoisotopic (exact) mass is 275 g/mol. The predicted octanol–water partition coefficient (Wildman–Crippen LogP) is 1.85. The van der Waals surface area contributed by atoms with Crippen LogP contribution in [0.1, 0.15) is 11.1 Å². The Morgan fingerprint density at radius 2 is 1.86 bits per heavy atom. The maximum Gasteiger partial charge on any atom is 0.268 e. The van der Waals surface area contributed by atoms with Gasteiger partial charge in [-0.25, -0.2) is 0 Å². The van der Waals surface area contributed by atoms with Gasteiger partial charge in [-0.1, -0.05) is 6.07 Å². The first-order chi connectivity index (χ1) is 10.2. The summed E-state index contributed by atoms with van der Waals surface area (Å²) in [4.78, 5) is 17.3. The van der Waals surface area contributed by atoms with E-state index in [1.165, 1.54) is 0 Å². The van der Waals surface area contributed by atoms with Gasteiger partial charge in [-0.2, -0.15) is 10.5 Å². The number of hydrogen-bond donors (Lipinski definition) is 3. The smallest absolute Gasteiger partial charge is 0.268 e. The third kappa shape index (κ3) is 1.83. The van der Waals surface area contributed by atoms with E-state index in [0.29, 0.717) is 5.56 Å². The van der Waals surface area contributed by atoms with Gasteiger partial charge in [-0.05, 0) is 29.1 Å². The van der Waals surface area contributed by atoms with E-state index in [2.05, 4.69) is 9.97 Å². The minimum absolute atomic E-state index is 0.0364. The average Bonchev–Trinajstić information content (AvgIpc) is 2.93. The van der Waals surface area contributed by atoms with E-state index in [-0.39, 0.29) is 22.5 Å².